The van der Waals surface area contributed by atoms with E-state index in [1.54, 1.807) is 4.90 Å². The Morgan fingerprint density at radius 2 is 1.91 bits per heavy atom. The molecule has 9 nitrogen and oxygen atoms in total. The van der Waals surface area contributed by atoms with Crippen molar-refractivity contribution >= 4 is 11.9 Å². The van der Waals surface area contributed by atoms with E-state index in [0.717, 1.165) is 68.8 Å². The molecule has 1 aromatic carbocycles. The van der Waals surface area contributed by atoms with E-state index in [1.807, 2.05) is 24.3 Å². The zero-order valence-electron chi connectivity index (χ0n) is 20.4. The fourth-order valence-corrected chi connectivity index (χ4v) is 4.72. The monoisotopic (exact) mass is 470 g/mol. The fourth-order valence-electron chi connectivity index (χ4n) is 4.72. The molecular formula is C25H38N6O3. The lowest BCUT2D eigenvalue weighted by atomic mass is 9.92. The second-order valence-corrected chi connectivity index (χ2v) is 9.80. The summed E-state index contributed by atoms with van der Waals surface area (Å²) in [5.74, 6) is 2.43. The molecule has 2 atom stereocenters. The van der Waals surface area contributed by atoms with Crippen LogP contribution in [-0.2, 0) is 4.79 Å². The van der Waals surface area contributed by atoms with Crippen molar-refractivity contribution in [3.8, 4) is 5.75 Å². The van der Waals surface area contributed by atoms with Gasteiger partial charge in [0.1, 0.15) is 11.8 Å². The Labute approximate surface area is 201 Å². The molecule has 0 unspecified atom stereocenters. The number of likely N-dealkylation sites (tertiary alicyclic amines) is 1. The first kappa shape index (κ1) is 24.5. The van der Waals surface area contributed by atoms with Crippen LogP contribution in [0.1, 0.15) is 75.7 Å². The maximum absolute atomic E-state index is 12.6. The van der Waals surface area contributed by atoms with Gasteiger partial charge in [-0.1, -0.05) is 31.1 Å². The zero-order chi connectivity index (χ0) is 24.1. The molecule has 0 radical (unpaired) electrons. The van der Waals surface area contributed by atoms with Crippen LogP contribution < -0.4 is 21.1 Å². The second kappa shape index (κ2) is 11.2. The molecule has 0 spiro atoms. The van der Waals surface area contributed by atoms with Crippen LogP contribution in [0.5, 0.6) is 5.75 Å². The standard InChI is InChI=1S/C25H38N6O3/c1-17(2)23-28-25(34-29-23)30-14-11-18(12-15-30)5-4-16-33-20-9-7-19(8-10-20)22(27)24(32)31-13-3-6-21(31)26/h7-10,17-18,21-22H,3-6,11-16,26-27H2,1-2H3/t21-,22+/m0/s1. The molecule has 2 aliphatic heterocycles. The van der Waals surface area contributed by atoms with Gasteiger partial charge in [-0.25, -0.2) is 0 Å². The molecule has 34 heavy (non-hydrogen) atoms. The van der Waals surface area contributed by atoms with Gasteiger partial charge in [-0.15, -0.1) is 0 Å². The van der Waals surface area contributed by atoms with Crippen molar-refractivity contribution in [1.29, 1.82) is 0 Å². The molecule has 2 saturated heterocycles. The van der Waals surface area contributed by atoms with Crippen LogP contribution in [0.25, 0.3) is 0 Å². The number of ether oxygens (including phenoxy) is 1. The van der Waals surface area contributed by atoms with Crippen molar-refractivity contribution in [3.63, 3.8) is 0 Å². The van der Waals surface area contributed by atoms with Gasteiger partial charge in [-0.05, 0) is 62.1 Å². The topological polar surface area (TPSA) is 124 Å². The summed E-state index contributed by atoms with van der Waals surface area (Å²) in [6.45, 7) is 7.40. The lowest BCUT2D eigenvalue weighted by Crippen LogP contribution is -2.45. The Hall–Kier alpha value is -2.65. The Morgan fingerprint density at radius 1 is 1.18 bits per heavy atom. The molecule has 186 valence electrons. The number of benzene rings is 1. The number of rotatable bonds is 9. The average molecular weight is 471 g/mol. The smallest absolute Gasteiger partial charge is 0.324 e. The first-order valence-electron chi connectivity index (χ1n) is 12.6. The highest BCUT2D eigenvalue weighted by atomic mass is 16.5. The Morgan fingerprint density at radius 3 is 2.53 bits per heavy atom. The third kappa shape index (κ3) is 5.88. The van der Waals surface area contributed by atoms with Gasteiger partial charge in [0.15, 0.2) is 5.82 Å². The predicted octanol–water partition coefficient (Wildman–Crippen LogP) is 3.18. The molecule has 0 aliphatic carbocycles. The van der Waals surface area contributed by atoms with Gasteiger partial charge in [0, 0.05) is 25.6 Å². The molecule has 2 fully saturated rings. The van der Waals surface area contributed by atoms with E-state index in [-0.39, 0.29) is 18.0 Å². The number of nitrogens with zero attached hydrogens (tertiary/aromatic N) is 4. The predicted molar refractivity (Wildman–Crippen MR) is 130 cm³/mol. The number of nitrogens with two attached hydrogens (primary N) is 2. The van der Waals surface area contributed by atoms with Crippen molar-refractivity contribution in [3.05, 3.63) is 35.7 Å². The highest BCUT2D eigenvalue weighted by molar-refractivity contribution is 5.83. The van der Waals surface area contributed by atoms with Crippen LogP contribution in [0.3, 0.4) is 0 Å². The van der Waals surface area contributed by atoms with Crippen LogP contribution in [0, 0.1) is 5.92 Å². The number of carbonyl (C=O) groups is 1. The van der Waals surface area contributed by atoms with Crippen LogP contribution in [-0.4, -0.2) is 53.4 Å². The SMILES string of the molecule is CC(C)c1noc(N2CCC(CCCOc3ccc([C@@H](N)C(=O)N4CCC[C@H]4N)cc3)CC2)n1. The molecule has 1 aromatic heterocycles. The summed E-state index contributed by atoms with van der Waals surface area (Å²) in [6, 6.07) is 7.49. The summed E-state index contributed by atoms with van der Waals surface area (Å²) in [6.07, 6.45) is 5.95. The van der Waals surface area contributed by atoms with Gasteiger partial charge in [-0.3, -0.25) is 4.79 Å². The van der Waals surface area contributed by atoms with E-state index in [4.69, 9.17) is 20.7 Å². The number of piperidine rings is 1. The summed E-state index contributed by atoms with van der Waals surface area (Å²) in [4.78, 5) is 21.0. The molecule has 2 aliphatic rings. The third-order valence-corrected chi connectivity index (χ3v) is 6.95. The van der Waals surface area contributed by atoms with E-state index < -0.39 is 6.04 Å². The summed E-state index contributed by atoms with van der Waals surface area (Å²) < 4.78 is 11.4. The summed E-state index contributed by atoms with van der Waals surface area (Å²) in [7, 11) is 0. The van der Waals surface area contributed by atoms with Gasteiger partial charge < -0.3 is 30.5 Å². The lowest BCUT2D eigenvalue weighted by Gasteiger charge is -2.30. The van der Waals surface area contributed by atoms with Crippen molar-refractivity contribution in [2.24, 2.45) is 17.4 Å². The number of amides is 1. The number of aromatic nitrogens is 2. The minimum Gasteiger partial charge on any atom is -0.494 e. The highest BCUT2D eigenvalue weighted by Crippen LogP contribution is 2.26. The quantitative estimate of drug-likeness (QED) is 0.536. The van der Waals surface area contributed by atoms with Gasteiger partial charge >= 0.3 is 6.01 Å². The molecule has 9 heteroatoms. The third-order valence-electron chi connectivity index (χ3n) is 6.95. The Kier molecular flexibility index (Phi) is 8.05. The zero-order valence-corrected chi connectivity index (χ0v) is 20.4. The van der Waals surface area contributed by atoms with Gasteiger partial charge in [0.05, 0.1) is 12.8 Å². The maximum atomic E-state index is 12.6. The van der Waals surface area contributed by atoms with Gasteiger partial charge in [-0.2, -0.15) is 4.98 Å². The largest absolute Gasteiger partial charge is 0.494 e. The lowest BCUT2D eigenvalue weighted by molar-refractivity contribution is -0.133. The van der Waals surface area contributed by atoms with Crippen LogP contribution in [0.15, 0.2) is 28.8 Å². The molecular weight excluding hydrogens is 432 g/mol. The van der Waals surface area contributed by atoms with E-state index in [2.05, 4.69) is 28.9 Å². The first-order valence-corrected chi connectivity index (χ1v) is 12.6. The molecule has 3 heterocycles. The van der Waals surface area contributed by atoms with Gasteiger partial charge in [0.25, 0.3) is 0 Å². The van der Waals surface area contributed by atoms with E-state index in [9.17, 15) is 4.79 Å². The van der Waals surface area contributed by atoms with Crippen LogP contribution in [0.2, 0.25) is 0 Å². The van der Waals surface area contributed by atoms with E-state index in [1.165, 1.54) is 0 Å². The highest BCUT2D eigenvalue weighted by Gasteiger charge is 2.30. The molecule has 1 amide bonds. The maximum Gasteiger partial charge on any atom is 0.324 e. The Bertz CT molecular complexity index is 923. The first-order chi connectivity index (χ1) is 16.4. The fraction of sp³-hybridized carbons (Fsp3) is 0.640. The van der Waals surface area contributed by atoms with Crippen molar-refractivity contribution in [2.75, 3.05) is 31.1 Å². The number of hydrogen-bond donors (Lipinski definition) is 2. The van der Waals surface area contributed by atoms with Crippen molar-refractivity contribution in [1.82, 2.24) is 15.0 Å². The minimum atomic E-state index is -0.687. The van der Waals surface area contributed by atoms with Crippen LogP contribution in [0.4, 0.5) is 6.01 Å². The van der Waals surface area contributed by atoms with E-state index in [0.29, 0.717) is 25.1 Å². The second-order valence-electron chi connectivity index (χ2n) is 9.80. The number of carbonyl (C=O) groups excluding carboxylic acids is 1. The van der Waals surface area contributed by atoms with Crippen molar-refractivity contribution < 1.29 is 14.1 Å². The van der Waals surface area contributed by atoms with Gasteiger partial charge in [0.2, 0.25) is 5.91 Å². The number of hydrogen-bond acceptors (Lipinski definition) is 8. The number of anilines is 1. The summed E-state index contributed by atoms with van der Waals surface area (Å²) in [5, 5.41) is 4.07. The molecule has 0 saturated carbocycles. The minimum absolute atomic E-state index is 0.107. The van der Waals surface area contributed by atoms with Crippen LogP contribution >= 0.6 is 0 Å². The normalized spacial score (nSPS) is 20.2. The molecule has 4 N–H and O–H groups in total. The average Bonchev–Trinajstić information content (AvgIpc) is 3.51. The molecule has 0 bridgehead atoms. The van der Waals surface area contributed by atoms with E-state index >= 15 is 0 Å². The molecule has 4 rings (SSSR count). The Balaban J connectivity index is 1.15. The summed E-state index contributed by atoms with van der Waals surface area (Å²) >= 11 is 0. The summed E-state index contributed by atoms with van der Waals surface area (Å²) in [5.41, 5.74) is 13.0. The molecule has 2 aromatic rings. The van der Waals surface area contributed by atoms with Crippen molar-refractivity contribution in [2.45, 2.75) is 70.5 Å².